The summed E-state index contributed by atoms with van der Waals surface area (Å²) in [6.07, 6.45) is -2.04. The van der Waals surface area contributed by atoms with Crippen LogP contribution in [0, 0.1) is 6.92 Å². The summed E-state index contributed by atoms with van der Waals surface area (Å²) in [7, 11) is 0. The molecule has 2 atom stereocenters. The van der Waals surface area contributed by atoms with Gasteiger partial charge >= 0.3 is 0 Å². The first-order valence-corrected chi connectivity index (χ1v) is 6.07. The zero-order valence-electron chi connectivity index (χ0n) is 9.77. The van der Waals surface area contributed by atoms with Crippen LogP contribution < -0.4 is 5.32 Å². The summed E-state index contributed by atoms with van der Waals surface area (Å²) in [5.41, 5.74) is 1.61. The van der Waals surface area contributed by atoms with Gasteiger partial charge in [0.25, 0.3) is 0 Å². The molecule has 2 unspecified atom stereocenters. The van der Waals surface area contributed by atoms with Crippen LogP contribution in [0.4, 0.5) is 0 Å². The highest BCUT2D eigenvalue weighted by Crippen LogP contribution is 2.22. The number of carbonyl (C=O) groups excluding carboxylic acids is 1. The molecular weight excluding hydrogens is 286 g/mol. The number of aliphatic hydroxyl groups is 2. The number of hydrogen-bond acceptors (Lipinski definition) is 3. The molecule has 0 heterocycles. The first-order valence-electron chi connectivity index (χ1n) is 5.28. The van der Waals surface area contributed by atoms with Gasteiger partial charge in [0.15, 0.2) is 0 Å². The Kier molecular flexibility index (Phi) is 5.11. The monoisotopic (exact) mass is 301 g/mol. The third-order valence-corrected chi connectivity index (χ3v) is 2.79. The SMILES string of the molecule is CC(=O)NCC(O)C(O)c1cc(C)cc(Br)c1. The van der Waals surface area contributed by atoms with Crippen molar-refractivity contribution >= 4 is 21.8 Å². The lowest BCUT2D eigenvalue weighted by Crippen LogP contribution is -2.34. The van der Waals surface area contributed by atoms with Gasteiger partial charge in [-0.3, -0.25) is 4.79 Å². The Bertz CT molecular complexity index is 388. The zero-order valence-corrected chi connectivity index (χ0v) is 11.4. The van der Waals surface area contributed by atoms with Crippen molar-refractivity contribution in [2.75, 3.05) is 6.54 Å². The van der Waals surface area contributed by atoms with E-state index in [4.69, 9.17) is 0 Å². The molecule has 5 heteroatoms. The van der Waals surface area contributed by atoms with E-state index >= 15 is 0 Å². The predicted octanol–water partition coefficient (Wildman–Crippen LogP) is 1.29. The van der Waals surface area contributed by atoms with E-state index in [1.165, 1.54) is 6.92 Å². The largest absolute Gasteiger partial charge is 0.388 e. The maximum atomic E-state index is 10.7. The van der Waals surface area contributed by atoms with Crippen LogP contribution in [0.5, 0.6) is 0 Å². The van der Waals surface area contributed by atoms with Crippen molar-refractivity contribution < 1.29 is 15.0 Å². The van der Waals surface area contributed by atoms with E-state index in [9.17, 15) is 15.0 Å². The third-order valence-electron chi connectivity index (χ3n) is 2.33. The van der Waals surface area contributed by atoms with Crippen LogP contribution in [-0.2, 0) is 4.79 Å². The molecule has 4 nitrogen and oxygen atoms in total. The van der Waals surface area contributed by atoms with Crippen molar-refractivity contribution in [2.24, 2.45) is 0 Å². The average molecular weight is 302 g/mol. The molecule has 0 aromatic heterocycles. The van der Waals surface area contributed by atoms with Crippen LogP contribution in [0.3, 0.4) is 0 Å². The van der Waals surface area contributed by atoms with Gasteiger partial charge in [-0.2, -0.15) is 0 Å². The number of hydrogen-bond donors (Lipinski definition) is 3. The second-order valence-corrected chi connectivity index (χ2v) is 4.93. The number of halogens is 1. The quantitative estimate of drug-likeness (QED) is 0.785. The molecule has 0 aliphatic carbocycles. The van der Waals surface area contributed by atoms with Crippen LogP contribution >= 0.6 is 15.9 Å². The van der Waals surface area contributed by atoms with E-state index in [1.54, 1.807) is 12.1 Å². The Morgan fingerprint density at radius 3 is 2.59 bits per heavy atom. The fraction of sp³-hybridized carbons (Fsp3) is 0.417. The molecule has 3 N–H and O–H groups in total. The maximum Gasteiger partial charge on any atom is 0.216 e. The van der Waals surface area contributed by atoms with Gasteiger partial charge in [-0.1, -0.05) is 22.0 Å². The summed E-state index contributed by atoms with van der Waals surface area (Å²) in [5, 5.41) is 22.1. The van der Waals surface area contributed by atoms with Gasteiger partial charge in [0, 0.05) is 17.9 Å². The van der Waals surface area contributed by atoms with Gasteiger partial charge in [-0.25, -0.2) is 0 Å². The Morgan fingerprint density at radius 2 is 2.06 bits per heavy atom. The second-order valence-electron chi connectivity index (χ2n) is 4.01. The first-order chi connectivity index (χ1) is 7.90. The minimum atomic E-state index is -1.02. The summed E-state index contributed by atoms with van der Waals surface area (Å²) in [6.45, 7) is 3.30. The summed E-state index contributed by atoms with van der Waals surface area (Å²) in [6, 6.07) is 5.46. The number of aryl methyl sites for hydroxylation is 1. The maximum absolute atomic E-state index is 10.7. The number of carbonyl (C=O) groups is 1. The Morgan fingerprint density at radius 1 is 1.41 bits per heavy atom. The van der Waals surface area contributed by atoms with Crippen molar-refractivity contribution in [1.82, 2.24) is 5.32 Å². The van der Waals surface area contributed by atoms with Crippen LogP contribution in [-0.4, -0.2) is 28.8 Å². The lowest BCUT2D eigenvalue weighted by molar-refractivity contribution is -0.119. The van der Waals surface area contributed by atoms with E-state index in [2.05, 4.69) is 21.2 Å². The minimum Gasteiger partial charge on any atom is -0.388 e. The number of nitrogens with one attached hydrogen (secondary N) is 1. The molecule has 0 aliphatic heterocycles. The molecule has 1 rings (SSSR count). The van der Waals surface area contributed by atoms with Gasteiger partial charge in [-0.05, 0) is 30.2 Å². The number of benzene rings is 1. The molecule has 0 saturated carbocycles. The molecule has 1 amide bonds. The van der Waals surface area contributed by atoms with Crippen LogP contribution in [0.2, 0.25) is 0 Å². The molecule has 0 saturated heterocycles. The number of aliphatic hydroxyl groups excluding tert-OH is 2. The van der Waals surface area contributed by atoms with Crippen LogP contribution in [0.15, 0.2) is 22.7 Å². The van der Waals surface area contributed by atoms with Crippen molar-refractivity contribution in [3.05, 3.63) is 33.8 Å². The Labute approximate surface area is 109 Å². The highest BCUT2D eigenvalue weighted by Gasteiger charge is 2.19. The highest BCUT2D eigenvalue weighted by atomic mass is 79.9. The fourth-order valence-electron chi connectivity index (χ4n) is 1.52. The minimum absolute atomic E-state index is 0.0298. The van der Waals surface area contributed by atoms with Gasteiger partial charge in [0.2, 0.25) is 5.91 Å². The molecule has 0 spiro atoms. The molecule has 0 fully saturated rings. The fourth-order valence-corrected chi connectivity index (χ4v) is 2.14. The van der Waals surface area contributed by atoms with Crippen LogP contribution in [0.1, 0.15) is 24.2 Å². The highest BCUT2D eigenvalue weighted by molar-refractivity contribution is 9.10. The lowest BCUT2D eigenvalue weighted by atomic mass is 10.0. The van der Waals surface area contributed by atoms with Gasteiger partial charge in [0.05, 0.1) is 0 Å². The molecule has 0 radical (unpaired) electrons. The summed E-state index contributed by atoms with van der Waals surface area (Å²) in [5.74, 6) is -0.235. The van der Waals surface area contributed by atoms with Crippen molar-refractivity contribution in [1.29, 1.82) is 0 Å². The molecule has 0 aliphatic rings. The first kappa shape index (κ1) is 14.2. The number of rotatable bonds is 4. The third kappa shape index (κ3) is 4.46. The summed E-state index contributed by atoms with van der Waals surface area (Å²) >= 11 is 3.33. The van der Waals surface area contributed by atoms with E-state index in [1.807, 2.05) is 13.0 Å². The standard InChI is InChI=1S/C12H16BrNO3/c1-7-3-9(5-10(13)4-7)12(17)11(16)6-14-8(2)15/h3-5,11-12,16-17H,6H2,1-2H3,(H,14,15). The summed E-state index contributed by atoms with van der Waals surface area (Å²) in [4.78, 5) is 10.7. The summed E-state index contributed by atoms with van der Waals surface area (Å²) < 4.78 is 0.846. The normalized spacial score (nSPS) is 14.2. The van der Waals surface area contributed by atoms with E-state index < -0.39 is 12.2 Å². The van der Waals surface area contributed by atoms with E-state index in [0.29, 0.717) is 5.56 Å². The Hall–Kier alpha value is -0.910. The van der Waals surface area contributed by atoms with Gasteiger partial charge < -0.3 is 15.5 Å². The Balaban J connectivity index is 2.73. The van der Waals surface area contributed by atoms with E-state index in [-0.39, 0.29) is 12.5 Å². The molecule has 94 valence electrons. The van der Waals surface area contributed by atoms with Crippen LogP contribution in [0.25, 0.3) is 0 Å². The van der Waals surface area contributed by atoms with Crippen molar-refractivity contribution in [3.63, 3.8) is 0 Å². The molecule has 1 aromatic rings. The topological polar surface area (TPSA) is 69.6 Å². The van der Waals surface area contributed by atoms with Gasteiger partial charge in [-0.15, -0.1) is 0 Å². The van der Waals surface area contributed by atoms with Crippen molar-refractivity contribution in [3.8, 4) is 0 Å². The van der Waals surface area contributed by atoms with Crippen molar-refractivity contribution in [2.45, 2.75) is 26.1 Å². The lowest BCUT2D eigenvalue weighted by Gasteiger charge is -2.19. The second kappa shape index (κ2) is 6.14. The zero-order chi connectivity index (χ0) is 13.0. The molecule has 1 aromatic carbocycles. The average Bonchev–Trinajstić information content (AvgIpc) is 2.23. The predicted molar refractivity (Wildman–Crippen MR) is 68.5 cm³/mol. The van der Waals surface area contributed by atoms with E-state index in [0.717, 1.165) is 10.0 Å². The molecular formula is C12H16BrNO3. The smallest absolute Gasteiger partial charge is 0.216 e. The molecule has 17 heavy (non-hydrogen) atoms. The number of amides is 1. The van der Waals surface area contributed by atoms with Gasteiger partial charge in [0.1, 0.15) is 12.2 Å². The molecule has 0 bridgehead atoms.